The zero-order valence-electron chi connectivity index (χ0n) is 13.3. The summed E-state index contributed by atoms with van der Waals surface area (Å²) < 4.78 is 4.96. The molecule has 1 amide bonds. The molecule has 5 nitrogen and oxygen atoms in total. The quantitative estimate of drug-likeness (QED) is 0.633. The van der Waals surface area contributed by atoms with Crippen molar-refractivity contribution in [3.63, 3.8) is 0 Å². The maximum atomic E-state index is 12.1. The number of hydrogen-bond donors (Lipinski definition) is 2. The van der Waals surface area contributed by atoms with Crippen molar-refractivity contribution in [1.29, 1.82) is 5.26 Å². The Morgan fingerprint density at radius 1 is 1.29 bits per heavy atom. The minimum absolute atomic E-state index is 0.0207. The van der Waals surface area contributed by atoms with E-state index in [0.29, 0.717) is 24.3 Å². The number of carbonyl (C=O) groups is 1. The van der Waals surface area contributed by atoms with E-state index < -0.39 is 5.91 Å². The fraction of sp³-hybridized carbons (Fsp3) is 0.158. The molecule has 0 saturated carbocycles. The largest absolute Gasteiger partial charge is 0.504 e. The van der Waals surface area contributed by atoms with Gasteiger partial charge >= 0.3 is 0 Å². The van der Waals surface area contributed by atoms with Crippen LogP contribution in [0.5, 0.6) is 11.5 Å². The first-order valence-electron chi connectivity index (χ1n) is 7.45. The predicted octanol–water partition coefficient (Wildman–Crippen LogP) is 2.67. The molecule has 0 atom stereocenters. The second kappa shape index (κ2) is 8.39. The molecule has 0 aliphatic carbocycles. The number of carbonyl (C=O) groups excluding carboxylic acids is 1. The number of phenols is 1. The van der Waals surface area contributed by atoms with Crippen molar-refractivity contribution in [2.24, 2.45) is 0 Å². The van der Waals surface area contributed by atoms with Gasteiger partial charge in [-0.25, -0.2) is 0 Å². The minimum atomic E-state index is -0.441. The van der Waals surface area contributed by atoms with Crippen LogP contribution in [0.4, 0.5) is 0 Å². The number of phenolic OH excluding ortho intramolecular Hbond substituents is 1. The second-order valence-electron chi connectivity index (χ2n) is 5.09. The van der Waals surface area contributed by atoms with Gasteiger partial charge in [-0.05, 0) is 35.8 Å². The summed E-state index contributed by atoms with van der Waals surface area (Å²) in [5.41, 5.74) is 1.64. The Balaban J connectivity index is 2.00. The van der Waals surface area contributed by atoms with Crippen molar-refractivity contribution in [2.75, 3.05) is 13.7 Å². The van der Waals surface area contributed by atoms with E-state index in [2.05, 4.69) is 5.32 Å². The molecule has 0 unspecified atom stereocenters. The minimum Gasteiger partial charge on any atom is -0.504 e. The van der Waals surface area contributed by atoms with E-state index in [1.165, 1.54) is 19.3 Å². The summed E-state index contributed by atoms with van der Waals surface area (Å²) in [5.74, 6) is -0.158. The maximum Gasteiger partial charge on any atom is 0.261 e. The fourth-order valence-electron chi connectivity index (χ4n) is 2.17. The number of hydrogen-bond acceptors (Lipinski definition) is 4. The molecule has 0 aliphatic heterocycles. The molecule has 2 aromatic rings. The standard InChI is InChI=1S/C19H18N2O3/c1-24-18-8-7-15(12-17(18)22)11-16(13-20)19(23)21-10-9-14-5-3-2-4-6-14/h2-8,11-12,22H,9-10H2,1H3,(H,21,23)/b16-11-. The third kappa shape index (κ3) is 4.62. The number of aromatic hydroxyl groups is 1. The molecule has 0 fully saturated rings. The highest BCUT2D eigenvalue weighted by Crippen LogP contribution is 2.27. The van der Waals surface area contributed by atoms with Crippen molar-refractivity contribution < 1.29 is 14.6 Å². The van der Waals surface area contributed by atoms with Crippen molar-refractivity contribution in [1.82, 2.24) is 5.32 Å². The first-order chi connectivity index (χ1) is 11.6. The zero-order valence-corrected chi connectivity index (χ0v) is 13.3. The third-order valence-corrected chi connectivity index (χ3v) is 3.42. The summed E-state index contributed by atoms with van der Waals surface area (Å²) in [4.78, 5) is 12.1. The molecule has 0 aliphatic rings. The molecule has 2 aromatic carbocycles. The Hall–Kier alpha value is -3.26. The number of amides is 1. The lowest BCUT2D eigenvalue weighted by Crippen LogP contribution is -2.26. The van der Waals surface area contributed by atoms with Crippen LogP contribution in [0.3, 0.4) is 0 Å². The Bertz CT molecular complexity index is 777. The summed E-state index contributed by atoms with van der Waals surface area (Å²) in [7, 11) is 1.45. The normalized spacial score (nSPS) is 10.8. The number of nitrogens with zero attached hydrogens (tertiary/aromatic N) is 1. The number of methoxy groups -OCH3 is 1. The van der Waals surface area contributed by atoms with E-state index >= 15 is 0 Å². The van der Waals surface area contributed by atoms with Crippen molar-refractivity contribution in [3.8, 4) is 17.6 Å². The summed E-state index contributed by atoms with van der Waals surface area (Å²) in [6, 6.07) is 16.3. The van der Waals surface area contributed by atoms with E-state index in [1.807, 2.05) is 36.4 Å². The highest BCUT2D eigenvalue weighted by molar-refractivity contribution is 6.01. The van der Waals surface area contributed by atoms with Gasteiger partial charge in [-0.3, -0.25) is 4.79 Å². The van der Waals surface area contributed by atoms with Crippen LogP contribution in [0.2, 0.25) is 0 Å². The van der Waals surface area contributed by atoms with Gasteiger partial charge in [-0.1, -0.05) is 36.4 Å². The number of ether oxygens (including phenoxy) is 1. The van der Waals surface area contributed by atoms with E-state index in [1.54, 1.807) is 12.1 Å². The van der Waals surface area contributed by atoms with Crippen molar-refractivity contribution in [2.45, 2.75) is 6.42 Å². The second-order valence-corrected chi connectivity index (χ2v) is 5.09. The molecular formula is C19H18N2O3. The fourth-order valence-corrected chi connectivity index (χ4v) is 2.17. The monoisotopic (exact) mass is 322 g/mol. The molecule has 24 heavy (non-hydrogen) atoms. The lowest BCUT2D eigenvalue weighted by molar-refractivity contribution is -0.117. The number of rotatable bonds is 6. The Labute approximate surface area is 140 Å². The number of benzene rings is 2. The summed E-state index contributed by atoms with van der Waals surface area (Å²) >= 11 is 0. The van der Waals surface area contributed by atoms with Crippen molar-refractivity contribution in [3.05, 3.63) is 65.2 Å². The molecule has 2 rings (SSSR count). The molecule has 0 spiro atoms. The Kier molecular flexibility index (Phi) is 5.98. The van der Waals surface area contributed by atoms with Gasteiger partial charge in [0, 0.05) is 6.54 Å². The summed E-state index contributed by atoms with van der Waals surface area (Å²) in [6.07, 6.45) is 2.12. The Morgan fingerprint density at radius 2 is 2.04 bits per heavy atom. The van der Waals surface area contributed by atoms with Gasteiger partial charge in [0.25, 0.3) is 5.91 Å². The molecule has 0 radical (unpaired) electrons. The molecule has 5 heteroatoms. The van der Waals surface area contributed by atoms with Gasteiger partial charge in [0.15, 0.2) is 11.5 Å². The van der Waals surface area contributed by atoms with Gasteiger partial charge in [-0.15, -0.1) is 0 Å². The van der Waals surface area contributed by atoms with Gasteiger partial charge in [0.1, 0.15) is 11.6 Å². The van der Waals surface area contributed by atoms with E-state index in [-0.39, 0.29) is 11.3 Å². The van der Waals surface area contributed by atoms with E-state index in [0.717, 1.165) is 5.56 Å². The average Bonchev–Trinajstić information content (AvgIpc) is 2.60. The van der Waals surface area contributed by atoms with Gasteiger partial charge in [0.05, 0.1) is 7.11 Å². The average molecular weight is 322 g/mol. The van der Waals surface area contributed by atoms with Gasteiger partial charge in [0.2, 0.25) is 0 Å². The summed E-state index contributed by atoms with van der Waals surface area (Å²) in [5, 5.41) is 21.6. The SMILES string of the molecule is COc1ccc(/C=C(/C#N)C(=O)NCCc2ccccc2)cc1O. The van der Waals surface area contributed by atoms with Gasteiger partial charge < -0.3 is 15.2 Å². The van der Waals surface area contributed by atoms with Crippen LogP contribution in [0.25, 0.3) is 6.08 Å². The molecule has 0 saturated heterocycles. The highest BCUT2D eigenvalue weighted by atomic mass is 16.5. The number of nitrogens with one attached hydrogen (secondary N) is 1. The number of nitriles is 1. The van der Waals surface area contributed by atoms with Crippen LogP contribution in [0.15, 0.2) is 54.1 Å². The van der Waals surface area contributed by atoms with E-state index in [4.69, 9.17) is 4.74 Å². The van der Waals surface area contributed by atoms with Crippen LogP contribution in [-0.4, -0.2) is 24.7 Å². The molecule has 2 N–H and O–H groups in total. The van der Waals surface area contributed by atoms with Crippen LogP contribution in [0.1, 0.15) is 11.1 Å². The van der Waals surface area contributed by atoms with Crippen molar-refractivity contribution >= 4 is 12.0 Å². The predicted molar refractivity (Wildman–Crippen MR) is 91.4 cm³/mol. The zero-order chi connectivity index (χ0) is 17.4. The third-order valence-electron chi connectivity index (χ3n) is 3.42. The molecule has 0 heterocycles. The van der Waals surface area contributed by atoms with Gasteiger partial charge in [-0.2, -0.15) is 5.26 Å². The smallest absolute Gasteiger partial charge is 0.261 e. The topological polar surface area (TPSA) is 82.3 Å². The van der Waals surface area contributed by atoms with Crippen LogP contribution < -0.4 is 10.1 Å². The van der Waals surface area contributed by atoms with Crippen LogP contribution >= 0.6 is 0 Å². The Morgan fingerprint density at radius 3 is 2.67 bits per heavy atom. The lowest BCUT2D eigenvalue weighted by Gasteiger charge is -2.06. The summed E-state index contributed by atoms with van der Waals surface area (Å²) in [6.45, 7) is 0.440. The lowest BCUT2D eigenvalue weighted by atomic mass is 10.1. The maximum absolute atomic E-state index is 12.1. The van der Waals surface area contributed by atoms with Crippen LogP contribution in [0, 0.1) is 11.3 Å². The molecule has 122 valence electrons. The first kappa shape index (κ1) is 17.1. The van der Waals surface area contributed by atoms with Crippen LogP contribution in [-0.2, 0) is 11.2 Å². The molecule has 0 bridgehead atoms. The molecule has 0 aromatic heterocycles. The first-order valence-corrected chi connectivity index (χ1v) is 7.45. The van der Waals surface area contributed by atoms with E-state index in [9.17, 15) is 15.2 Å². The highest BCUT2D eigenvalue weighted by Gasteiger charge is 2.09. The molecular weight excluding hydrogens is 304 g/mol.